The Balaban J connectivity index is 4.34. The maximum absolute atomic E-state index is 12.9. The molecule has 0 amide bonds. The Morgan fingerprint density at radius 2 is 0.486 bits per heavy atom. The van der Waals surface area contributed by atoms with Gasteiger partial charge in [0.05, 0.1) is 0 Å². The van der Waals surface area contributed by atoms with E-state index < -0.39 is 6.10 Å². The smallest absolute Gasteiger partial charge is 0.306 e. The third-order valence-corrected chi connectivity index (χ3v) is 14.6. The van der Waals surface area contributed by atoms with Crippen molar-refractivity contribution in [1.82, 2.24) is 0 Å². The Morgan fingerprint density at radius 3 is 0.770 bits per heavy atom. The van der Waals surface area contributed by atoms with Crippen LogP contribution in [0, 0.1) is 0 Å². The molecule has 0 aromatic carbocycles. The van der Waals surface area contributed by atoms with Crippen molar-refractivity contribution in [2.75, 3.05) is 13.2 Å². The summed E-state index contributed by atoms with van der Waals surface area (Å²) in [4.78, 5) is 38.3. The van der Waals surface area contributed by atoms with Gasteiger partial charge in [-0.25, -0.2) is 0 Å². The molecule has 0 aliphatic heterocycles. The highest BCUT2D eigenvalue weighted by Crippen LogP contribution is 2.17. The van der Waals surface area contributed by atoms with Gasteiger partial charge in [-0.3, -0.25) is 14.4 Å². The van der Waals surface area contributed by atoms with E-state index in [2.05, 4.69) is 69.4 Å². The molecule has 0 heterocycles. The van der Waals surface area contributed by atoms with Crippen molar-refractivity contribution in [2.24, 2.45) is 0 Å². The Bertz CT molecular complexity index is 1280. The lowest BCUT2D eigenvalue weighted by Crippen LogP contribution is -2.30. The molecule has 0 radical (unpaired) electrons. The van der Waals surface area contributed by atoms with Crippen LogP contribution >= 0.6 is 0 Å². The predicted octanol–water partition coefficient (Wildman–Crippen LogP) is 22.2. The van der Waals surface area contributed by atoms with E-state index in [-0.39, 0.29) is 31.1 Å². The van der Waals surface area contributed by atoms with E-state index in [4.69, 9.17) is 14.2 Å². The van der Waals surface area contributed by atoms with E-state index >= 15 is 0 Å². The Morgan fingerprint density at radius 1 is 0.270 bits per heavy atom. The third kappa shape index (κ3) is 60.2. The number of allylic oxidation sites excluding steroid dienone is 8. The number of ether oxygens (including phenoxy) is 3. The number of carbonyl (C=O) groups is 3. The lowest BCUT2D eigenvalue weighted by molar-refractivity contribution is -0.167. The zero-order valence-corrected chi connectivity index (χ0v) is 49.6. The minimum atomic E-state index is -0.781. The van der Waals surface area contributed by atoms with Gasteiger partial charge in [0.1, 0.15) is 13.2 Å². The third-order valence-electron chi connectivity index (χ3n) is 14.6. The normalized spacial score (nSPS) is 12.3. The average Bonchev–Trinajstić information content (AvgIpc) is 3.40. The summed E-state index contributed by atoms with van der Waals surface area (Å²) in [7, 11) is 0. The molecule has 1 unspecified atom stereocenters. The van der Waals surface area contributed by atoms with Crippen LogP contribution in [-0.2, 0) is 28.6 Å². The Kier molecular flexibility index (Phi) is 60.7. The summed E-state index contributed by atoms with van der Waals surface area (Å²) in [6.07, 6.45) is 78.3. The second-order valence-corrected chi connectivity index (χ2v) is 22.0. The van der Waals surface area contributed by atoms with Crippen LogP contribution in [0.2, 0.25) is 0 Å². The first kappa shape index (κ1) is 71.4. The number of esters is 3. The monoisotopic (exact) mass is 1040 g/mol. The molecule has 432 valence electrons. The van der Waals surface area contributed by atoms with Gasteiger partial charge in [0.15, 0.2) is 6.10 Å². The van der Waals surface area contributed by atoms with Crippen LogP contribution in [0.3, 0.4) is 0 Å². The molecule has 0 rings (SSSR count). The fraction of sp³-hybridized carbons (Fsp3) is 0.838. The van der Waals surface area contributed by atoms with Crippen molar-refractivity contribution in [3.8, 4) is 0 Å². The minimum absolute atomic E-state index is 0.0784. The number of carbonyl (C=O) groups excluding carboxylic acids is 3. The fourth-order valence-electron chi connectivity index (χ4n) is 9.62. The van der Waals surface area contributed by atoms with E-state index in [0.717, 1.165) is 83.5 Å². The maximum atomic E-state index is 12.9. The van der Waals surface area contributed by atoms with Gasteiger partial charge < -0.3 is 14.2 Å². The first-order chi connectivity index (χ1) is 36.5. The van der Waals surface area contributed by atoms with Crippen LogP contribution in [0.5, 0.6) is 0 Å². The van der Waals surface area contributed by atoms with E-state index in [0.29, 0.717) is 19.3 Å². The van der Waals surface area contributed by atoms with E-state index in [1.54, 1.807) is 0 Å². The Hall–Kier alpha value is -2.63. The van der Waals surface area contributed by atoms with Crippen molar-refractivity contribution in [3.63, 3.8) is 0 Å². The molecule has 0 aromatic heterocycles. The van der Waals surface area contributed by atoms with Gasteiger partial charge in [-0.1, -0.05) is 294 Å². The molecular weight excluding hydrogens is 913 g/mol. The lowest BCUT2D eigenvalue weighted by Gasteiger charge is -2.18. The molecule has 0 bridgehead atoms. The van der Waals surface area contributed by atoms with Crippen LogP contribution < -0.4 is 0 Å². The summed E-state index contributed by atoms with van der Waals surface area (Å²) in [5.74, 6) is -0.877. The molecule has 74 heavy (non-hydrogen) atoms. The summed E-state index contributed by atoms with van der Waals surface area (Å²) in [6.45, 7) is 6.66. The first-order valence-electron chi connectivity index (χ1n) is 32.6. The van der Waals surface area contributed by atoms with Gasteiger partial charge in [0.25, 0.3) is 0 Å². The standard InChI is InChI=1S/C68H124O6/c1-4-7-10-13-16-19-22-25-28-30-32-34-36-38-40-43-46-49-52-55-58-61-67(70)73-64-65(63-72-66(69)60-57-54-51-48-45-42-27-24-21-18-15-12-9-6-3)74-68(71)62-59-56-53-50-47-44-41-39-37-35-33-31-29-26-23-20-17-14-11-8-5-2/h22,24-25,27,30,32,36,38,65H,4-21,23,26,28-29,31,33-35,37,39-64H2,1-3H3/b25-22-,27-24-,32-30-,38-36-. The largest absolute Gasteiger partial charge is 0.462 e. The molecule has 0 saturated heterocycles. The molecule has 0 N–H and O–H groups in total. The minimum Gasteiger partial charge on any atom is -0.462 e. The van der Waals surface area contributed by atoms with Gasteiger partial charge in [-0.15, -0.1) is 0 Å². The van der Waals surface area contributed by atoms with E-state index in [9.17, 15) is 14.4 Å². The van der Waals surface area contributed by atoms with Crippen molar-refractivity contribution in [1.29, 1.82) is 0 Å². The second kappa shape index (κ2) is 62.9. The SMILES string of the molecule is CCCCCCC/C=C\C/C=C\C/C=C\CCCCCCCCC(=O)OCC(COC(=O)CCCCCCC/C=C\CCCCCCC)OC(=O)CCCCCCCCCCCCCCCCCCCCCCC. The van der Waals surface area contributed by atoms with Crippen LogP contribution in [0.4, 0.5) is 0 Å². The molecule has 1 atom stereocenters. The number of hydrogen-bond donors (Lipinski definition) is 0. The Labute approximate surface area is 460 Å². The zero-order chi connectivity index (χ0) is 53.6. The summed E-state index contributed by atoms with van der Waals surface area (Å²) in [5, 5.41) is 0. The molecule has 0 aliphatic carbocycles. The van der Waals surface area contributed by atoms with Crippen molar-refractivity contribution >= 4 is 17.9 Å². The number of unbranched alkanes of at least 4 members (excludes halogenated alkanes) is 41. The molecular formula is C68H124O6. The van der Waals surface area contributed by atoms with Crippen LogP contribution in [-0.4, -0.2) is 37.2 Å². The predicted molar refractivity (Wildman–Crippen MR) is 321 cm³/mol. The molecule has 0 fully saturated rings. The molecule has 0 aromatic rings. The summed E-state index contributed by atoms with van der Waals surface area (Å²) in [5.41, 5.74) is 0. The zero-order valence-electron chi connectivity index (χ0n) is 49.6. The highest BCUT2D eigenvalue weighted by Gasteiger charge is 2.19. The molecule has 0 saturated carbocycles. The van der Waals surface area contributed by atoms with Gasteiger partial charge >= 0.3 is 17.9 Å². The molecule has 6 heteroatoms. The summed E-state index contributed by atoms with van der Waals surface area (Å²) >= 11 is 0. The van der Waals surface area contributed by atoms with Gasteiger partial charge in [0.2, 0.25) is 0 Å². The highest BCUT2D eigenvalue weighted by molar-refractivity contribution is 5.71. The quantitative estimate of drug-likeness (QED) is 0.0261. The maximum Gasteiger partial charge on any atom is 0.306 e. The highest BCUT2D eigenvalue weighted by atomic mass is 16.6. The van der Waals surface area contributed by atoms with Gasteiger partial charge in [0, 0.05) is 19.3 Å². The van der Waals surface area contributed by atoms with Crippen molar-refractivity contribution in [3.05, 3.63) is 48.6 Å². The molecule has 0 spiro atoms. The number of rotatable bonds is 60. The van der Waals surface area contributed by atoms with E-state index in [1.165, 1.54) is 225 Å². The van der Waals surface area contributed by atoms with Crippen LogP contribution in [0.1, 0.15) is 348 Å². The average molecular weight is 1040 g/mol. The van der Waals surface area contributed by atoms with E-state index in [1.807, 2.05) is 0 Å². The lowest BCUT2D eigenvalue weighted by atomic mass is 10.0. The van der Waals surface area contributed by atoms with Crippen molar-refractivity contribution in [2.45, 2.75) is 354 Å². The fourth-order valence-corrected chi connectivity index (χ4v) is 9.62. The first-order valence-corrected chi connectivity index (χ1v) is 32.6. The topological polar surface area (TPSA) is 78.9 Å². The van der Waals surface area contributed by atoms with Crippen LogP contribution in [0.25, 0.3) is 0 Å². The van der Waals surface area contributed by atoms with Crippen LogP contribution in [0.15, 0.2) is 48.6 Å². The summed E-state index contributed by atoms with van der Waals surface area (Å²) in [6, 6.07) is 0. The number of hydrogen-bond acceptors (Lipinski definition) is 6. The summed E-state index contributed by atoms with van der Waals surface area (Å²) < 4.78 is 16.9. The van der Waals surface area contributed by atoms with Crippen molar-refractivity contribution < 1.29 is 28.6 Å². The van der Waals surface area contributed by atoms with Gasteiger partial charge in [-0.2, -0.15) is 0 Å². The second-order valence-electron chi connectivity index (χ2n) is 22.0. The molecule has 0 aliphatic rings. The molecule has 6 nitrogen and oxygen atoms in total. The van der Waals surface area contributed by atoms with Gasteiger partial charge in [-0.05, 0) is 83.5 Å².